The number of nitrogens with one attached hydrogen (secondary N) is 3. The number of nitrogens with zero attached hydrogens (tertiary/aromatic N) is 4. The molecule has 0 spiro atoms. The van der Waals surface area contributed by atoms with Gasteiger partial charge >= 0.3 is 6.09 Å². The summed E-state index contributed by atoms with van der Waals surface area (Å²) in [6.07, 6.45) is 7.96. The van der Waals surface area contributed by atoms with Crippen LogP contribution in [0, 0.1) is 23.7 Å². The molecule has 2 aromatic carbocycles. The Morgan fingerprint density at radius 1 is 0.852 bits per heavy atom. The van der Waals surface area contributed by atoms with Gasteiger partial charge in [0.05, 0.1) is 48.2 Å². The topological polar surface area (TPSA) is 162 Å². The molecule has 54 heavy (non-hydrogen) atoms. The third-order valence-electron chi connectivity index (χ3n) is 11.4. The predicted molar refractivity (Wildman–Crippen MR) is 209 cm³/mol. The average molecular weight is 735 g/mol. The van der Waals surface area contributed by atoms with Crippen LogP contribution in [0.5, 0.6) is 0 Å². The van der Waals surface area contributed by atoms with Crippen molar-refractivity contribution in [1.82, 2.24) is 35.1 Å². The molecule has 4 aromatic rings. The number of likely N-dealkylation sites (tertiary alicyclic amines) is 2. The van der Waals surface area contributed by atoms with E-state index in [1.807, 2.05) is 72.3 Å². The molecule has 286 valence electrons. The molecular weight excluding hydrogens is 681 g/mol. The van der Waals surface area contributed by atoms with Crippen LogP contribution in [0.15, 0.2) is 48.7 Å². The lowest BCUT2D eigenvalue weighted by atomic mass is 9.93. The molecule has 2 saturated heterocycles. The summed E-state index contributed by atoms with van der Waals surface area (Å²) < 4.78 is 4.84. The first-order valence-corrected chi connectivity index (χ1v) is 19.6. The lowest BCUT2D eigenvalue weighted by Crippen LogP contribution is -2.52. The number of hydrogen-bond donors (Lipinski definition) is 4. The van der Waals surface area contributed by atoms with Gasteiger partial charge in [-0.05, 0) is 73.4 Å². The normalized spacial score (nSPS) is 18.2. The summed E-state index contributed by atoms with van der Waals surface area (Å²) in [7, 11) is 1.31. The molecule has 12 heteroatoms. The number of ether oxygens (including phenoxy) is 1. The van der Waals surface area contributed by atoms with Gasteiger partial charge in [0.15, 0.2) is 0 Å². The Bertz CT molecular complexity index is 1980. The summed E-state index contributed by atoms with van der Waals surface area (Å²) in [4.78, 5) is 59.6. The van der Waals surface area contributed by atoms with Gasteiger partial charge in [-0.1, -0.05) is 77.4 Å². The van der Waals surface area contributed by atoms with Gasteiger partial charge in [-0.2, -0.15) is 0 Å². The SMILES string of the molecule is CCC(CC)[C@H](N)C(=O)N1CCC[C@H]1c1ncc(-c2ccc(C#Cc3ccc4nc([C@@H]5CCCN5C(=O)[C@@H](NC(=O)OC)C(CC)CC)[nH]c4c3)cc2)[nH]1. The van der Waals surface area contributed by atoms with E-state index in [2.05, 4.69) is 46.0 Å². The number of aromatic nitrogens is 4. The number of carbonyl (C=O) groups excluding carboxylic acids is 3. The molecule has 4 heterocycles. The standard InChI is InChI=1S/C42H54N8O4/c1-6-28(7-2)36(43)40(51)49-22-10-12-34(49)38-44-25-33(47-38)30-19-16-26(17-20-30)14-15-27-18-21-31-32(24-27)46-39(45-31)35-13-11-23-50(35)41(52)37(29(8-3)9-4)48-42(53)54-5/h16-21,24-25,28-29,34-37H,6-13,22-23,43H2,1-5H3,(H,44,47)(H,45,46)(H,48,53)/t34-,35-,36-,37-/m0/s1. The number of methoxy groups -OCH3 is 1. The molecule has 3 amide bonds. The fourth-order valence-electron chi connectivity index (χ4n) is 8.12. The number of carbonyl (C=O) groups is 3. The van der Waals surface area contributed by atoms with Crippen molar-refractivity contribution in [3.63, 3.8) is 0 Å². The van der Waals surface area contributed by atoms with Crippen LogP contribution in [-0.4, -0.2) is 79.9 Å². The van der Waals surface area contributed by atoms with Crippen molar-refractivity contribution >= 4 is 28.9 Å². The third kappa shape index (κ3) is 8.16. The van der Waals surface area contributed by atoms with Gasteiger partial charge in [-0.3, -0.25) is 9.59 Å². The summed E-state index contributed by atoms with van der Waals surface area (Å²) in [5.41, 5.74) is 11.7. The minimum absolute atomic E-state index is 0.000433. The van der Waals surface area contributed by atoms with E-state index in [0.717, 1.165) is 96.4 Å². The highest BCUT2D eigenvalue weighted by molar-refractivity contribution is 5.87. The molecule has 2 aliphatic heterocycles. The largest absolute Gasteiger partial charge is 0.453 e. The molecular formula is C42H54N8O4. The minimum atomic E-state index is -0.658. The lowest BCUT2D eigenvalue weighted by molar-refractivity contribution is -0.136. The number of benzene rings is 2. The van der Waals surface area contributed by atoms with Crippen molar-refractivity contribution in [3.05, 3.63) is 71.4 Å². The number of aromatic amines is 2. The zero-order valence-electron chi connectivity index (χ0n) is 32.2. The van der Waals surface area contributed by atoms with E-state index >= 15 is 0 Å². The van der Waals surface area contributed by atoms with Crippen molar-refractivity contribution in [2.24, 2.45) is 17.6 Å². The maximum absolute atomic E-state index is 13.9. The van der Waals surface area contributed by atoms with Gasteiger partial charge in [-0.25, -0.2) is 14.8 Å². The van der Waals surface area contributed by atoms with Crippen molar-refractivity contribution in [1.29, 1.82) is 0 Å². The smallest absolute Gasteiger partial charge is 0.407 e. The molecule has 0 radical (unpaired) electrons. The molecule has 2 aliphatic rings. The Labute approximate surface area is 318 Å². The summed E-state index contributed by atoms with van der Waals surface area (Å²) >= 11 is 0. The summed E-state index contributed by atoms with van der Waals surface area (Å²) in [6.45, 7) is 9.54. The number of nitrogens with two attached hydrogens (primary N) is 1. The number of amides is 3. The zero-order chi connectivity index (χ0) is 38.4. The molecule has 5 N–H and O–H groups in total. The first-order valence-electron chi connectivity index (χ1n) is 19.6. The van der Waals surface area contributed by atoms with Crippen LogP contribution >= 0.6 is 0 Å². The fraction of sp³-hybridized carbons (Fsp3) is 0.500. The first-order chi connectivity index (χ1) is 26.2. The summed E-state index contributed by atoms with van der Waals surface area (Å²) in [5, 5.41) is 2.80. The van der Waals surface area contributed by atoms with E-state index in [1.54, 1.807) is 0 Å². The number of H-pyrrole nitrogens is 2. The van der Waals surface area contributed by atoms with Crippen LogP contribution in [0.2, 0.25) is 0 Å². The van der Waals surface area contributed by atoms with E-state index in [1.165, 1.54) is 7.11 Å². The highest BCUT2D eigenvalue weighted by Crippen LogP contribution is 2.35. The van der Waals surface area contributed by atoms with Crippen LogP contribution < -0.4 is 11.1 Å². The van der Waals surface area contributed by atoms with Gasteiger partial charge in [0, 0.05) is 24.2 Å². The second kappa shape index (κ2) is 17.3. The molecule has 6 rings (SSSR count). The van der Waals surface area contributed by atoms with Crippen LogP contribution in [-0.2, 0) is 14.3 Å². The fourth-order valence-corrected chi connectivity index (χ4v) is 8.12. The molecule has 0 bridgehead atoms. The second-order valence-electron chi connectivity index (χ2n) is 14.5. The van der Waals surface area contributed by atoms with Gasteiger partial charge < -0.3 is 35.6 Å². The van der Waals surface area contributed by atoms with Crippen molar-refractivity contribution < 1.29 is 19.1 Å². The second-order valence-corrected chi connectivity index (χ2v) is 14.5. The van der Waals surface area contributed by atoms with Crippen LogP contribution in [0.25, 0.3) is 22.3 Å². The zero-order valence-corrected chi connectivity index (χ0v) is 32.2. The maximum atomic E-state index is 13.9. The molecule has 2 fully saturated rings. The number of rotatable bonds is 12. The monoisotopic (exact) mass is 734 g/mol. The van der Waals surface area contributed by atoms with E-state index in [0.29, 0.717) is 13.1 Å². The molecule has 0 unspecified atom stereocenters. The van der Waals surface area contributed by atoms with Crippen molar-refractivity contribution in [2.75, 3.05) is 20.2 Å². The number of imidazole rings is 2. The van der Waals surface area contributed by atoms with Crippen LogP contribution in [0.3, 0.4) is 0 Å². The predicted octanol–water partition coefficient (Wildman–Crippen LogP) is 6.60. The van der Waals surface area contributed by atoms with E-state index in [4.69, 9.17) is 15.5 Å². The van der Waals surface area contributed by atoms with Crippen molar-refractivity contribution in [3.8, 4) is 23.1 Å². The Balaban J connectivity index is 1.13. The lowest BCUT2D eigenvalue weighted by Gasteiger charge is -2.31. The van der Waals surface area contributed by atoms with Gasteiger partial charge in [0.1, 0.15) is 17.7 Å². The van der Waals surface area contributed by atoms with Crippen LogP contribution in [0.4, 0.5) is 4.79 Å². The van der Waals surface area contributed by atoms with Crippen LogP contribution in [0.1, 0.15) is 114 Å². The summed E-state index contributed by atoms with van der Waals surface area (Å²) in [5.74, 6) is 8.18. The number of fused-ring (bicyclic) bond motifs is 1. The quantitative estimate of drug-likeness (QED) is 0.119. The highest BCUT2D eigenvalue weighted by Gasteiger charge is 2.39. The number of hydrogen-bond acceptors (Lipinski definition) is 7. The Morgan fingerprint density at radius 3 is 2.11 bits per heavy atom. The molecule has 0 aliphatic carbocycles. The van der Waals surface area contributed by atoms with E-state index in [-0.39, 0.29) is 35.7 Å². The average Bonchev–Trinajstić information content (AvgIpc) is 4.03. The minimum Gasteiger partial charge on any atom is -0.453 e. The first kappa shape index (κ1) is 38.6. The van der Waals surface area contributed by atoms with E-state index in [9.17, 15) is 14.4 Å². The Kier molecular flexibility index (Phi) is 12.4. The Morgan fingerprint density at radius 2 is 1.46 bits per heavy atom. The molecule has 12 nitrogen and oxygen atoms in total. The van der Waals surface area contributed by atoms with Gasteiger partial charge in [0.2, 0.25) is 11.8 Å². The summed E-state index contributed by atoms with van der Waals surface area (Å²) in [6, 6.07) is 12.5. The van der Waals surface area contributed by atoms with Gasteiger partial charge in [0.25, 0.3) is 0 Å². The Hall–Kier alpha value is -5.15. The van der Waals surface area contributed by atoms with E-state index < -0.39 is 18.2 Å². The third-order valence-corrected chi connectivity index (χ3v) is 11.4. The highest BCUT2D eigenvalue weighted by atomic mass is 16.5. The molecule has 0 saturated carbocycles. The number of alkyl carbamates (subject to hydrolysis) is 1. The molecule has 4 atom stereocenters. The maximum Gasteiger partial charge on any atom is 0.407 e. The van der Waals surface area contributed by atoms with Crippen molar-refractivity contribution in [2.45, 2.75) is 103 Å². The van der Waals surface area contributed by atoms with Gasteiger partial charge in [-0.15, -0.1) is 0 Å². The molecule has 2 aromatic heterocycles.